The molecule has 0 fully saturated rings. The summed E-state index contributed by atoms with van der Waals surface area (Å²) in [7, 11) is 0. The number of rotatable bonds is 3. The van der Waals surface area contributed by atoms with Crippen molar-refractivity contribution in [2.45, 2.75) is 0 Å². The van der Waals surface area contributed by atoms with Crippen molar-refractivity contribution in [3.8, 4) is 0 Å². The third-order valence-electron chi connectivity index (χ3n) is 1.87. The van der Waals surface area contributed by atoms with Crippen LogP contribution in [0.5, 0.6) is 0 Å². The summed E-state index contributed by atoms with van der Waals surface area (Å²) in [6.45, 7) is 0. The van der Waals surface area contributed by atoms with Crippen LogP contribution in [-0.2, 0) is 0 Å². The fourth-order valence-electron chi connectivity index (χ4n) is 1.17. The molecule has 7 heteroatoms. The predicted molar refractivity (Wildman–Crippen MR) is 73.1 cm³/mol. The first-order valence-electron chi connectivity index (χ1n) is 4.65. The molecule has 86 valence electrons. The van der Waals surface area contributed by atoms with Crippen LogP contribution in [0.3, 0.4) is 0 Å². The molecule has 0 bridgehead atoms. The van der Waals surface area contributed by atoms with Crippen molar-refractivity contribution in [2.24, 2.45) is 5.73 Å². The molecule has 0 amide bonds. The summed E-state index contributed by atoms with van der Waals surface area (Å²) in [5.74, 6) is 0.426. The molecule has 2 aromatic rings. The molecule has 2 heterocycles. The molecular formula is C10H8BrN5S. The van der Waals surface area contributed by atoms with Crippen LogP contribution in [0.15, 0.2) is 35.2 Å². The number of aromatic nitrogens is 3. The molecule has 0 aliphatic heterocycles. The summed E-state index contributed by atoms with van der Waals surface area (Å²) in [4.78, 5) is 12.5. The molecule has 17 heavy (non-hydrogen) atoms. The summed E-state index contributed by atoms with van der Waals surface area (Å²) in [6, 6.07) is 3.52. The predicted octanol–water partition coefficient (Wildman–Crippen LogP) is 2.01. The van der Waals surface area contributed by atoms with Gasteiger partial charge in [-0.15, -0.1) is 0 Å². The number of nitrogens with two attached hydrogens (primary N) is 1. The van der Waals surface area contributed by atoms with E-state index in [9.17, 15) is 0 Å². The number of hydrogen-bond acceptors (Lipinski definition) is 5. The van der Waals surface area contributed by atoms with E-state index in [1.807, 2.05) is 6.07 Å². The number of anilines is 2. The third-order valence-corrected chi connectivity index (χ3v) is 2.51. The van der Waals surface area contributed by atoms with E-state index in [1.54, 1.807) is 24.7 Å². The van der Waals surface area contributed by atoms with Crippen molar-refractivity contribution in [1.82, 2.24) is 15.0 Å². The van der Waals surface area contributed by atoms with Gasteiger partial charge in [0.15, 0.2) is 0 Å². The quantitative estimate of drug-likeness (QED) is 0.845. The minimum atomic E-state index is 0.239. The lowest BCUT2D eigenvalue weighted by atomic mass is 10.4. The Hall–Kier alpha value is -1.60. The standard InChI is InChI=1S/C10H8BrN5S/c11-6-3-7(5-13-4-6)15-10-14-2-1-8(16-10)9(12)17/h1-5H,(H2,12,17)(H,14,15,16). The highest BCUT2D eigenvalue weighted by Crippen LogP contribution is 2.16. The van der Waals surface area contributed by atoms with Crippen molar-refractivity contribution in [1.29, 1.82) is 0 Å². The Kier molecular flexibility index (Phi) is 3.60. The third kappa shape index (κ3) is 3.18. The molecule has 0 saturated carbocycles. The summed E-state index contributed by atoms with van der Waals surface area (Å²) < 4.78 is 0.869. The van der Waals surface area contributed by atoms with Gasteiger partial charge in [-0.2, -0.15) is 0 Å². The Bertz CT molecular complexity index is 560. The van der Waals surface area contributed by atoms with Crippen LogP contribution in [0.1, 0.15) is 5.69 Å². The second kappa shape index (κ2) is 5.15. The number of halogens is 1. The average Bonchev–Trinajstić information content (AvgIpc) is 2.29. The Balaban J connectivity index is 2.24. The van der Waals surface area contributed by atoms with Crippen LogP contribution < -0.4 is 11.1 Å². The van der Waals surface area contributed by atoms with E-state index in [4.69, 9.17) is 18.0 Å². The molecule has 0 atom stereocenters. The molecule has 0 saturated heterocycles. The SMILES string of the molecule is NC(=S)c1ccnc(Nc2cncc(Br)c2)n1. The van der Waals surface area contributed by atoms with Gasteiger partial charge in [-0.3, -0.25) is 4.98 Å². The lowest BCUT2D eigenvalue weighted by Crippen LogP contribution is -2.12. The summed E-state index contributed by atoms with van der Waals surface area (Å²) in [6.07, 6.45) is 4.95. The molecule has 5 nitrogen and oxygen atoms in total. The zero-order chi connectivity index (χ0) is 12.3. The van der Waals surface area contributed by atoms with Crippen molar-refractivity contribution < 1.29 is 0 Å². The molecule has 0 aliphatic carbocycles. The molecule has 2 aromatic heterocycles. The van der Waals surface area contributed by atoms with Gasteiger partial charge in [0.25, 0.3) is 0 Å². The molecule has 3 N–H and O–H groups in total. The van der Waals surface area contributed by atoms with Crippen LogP contribution >= 0.6 is 28.1 Å². The van der Waals surface area contributed by atoms with Gasteiger partial charge in [0.2, 0.25) is 5.95 Å². The first-order valence-corrected chi connectivity index (χ1v) is 5.86. The fraction of sp³-hybridized carbons (Fsp3) is 0. The number of hydrogen-bond donors (Lipinski definition) is 2. The van der Waals surface area contributed by atoms with E-state index in [1.165, 1.54) is 0 Å². The lowest BCUT2D eigenvalue weighted by molar-refractivity contribution is 1.14. The zero-order valence-electron chi connectivity index (χ0n) is 8.59. The van der Waals surface area contributed by atoms with E-state index < -0.39 is 0 Å². The molecule has 0 spiro atoms. The molecule has 0 aromatic carbocycles. The van der Waals surface area contributed by atoms with E-state index in [0.717, 1.165) is 10.2 Å². The first-order chi connectivity index (χ1) is 8.15. The number of nitrogens with one attached hydrogen (secondary N) is 1. The van der Waals surface area contributed by atoms with Crippen LogP contribution in [0.25, 0.3) is 0 Å². The average molecular weight is 310 g/mol. The minimum Gasteiger partial charge on any atom is -0.388 e. The van der Waals surface area contributed by atoms with Crippen LogP contribution in [0.4, 0.5) is 11.6 Å². The maximum atomic E-state index is 5.49. The monoisotopic (exact) mass is 309 g/mol. The molecule has 2 rings (SSSR count). The van der Waals surface area contributed by atoms with Gasteiger partial charge >= 0.3 is 0 Å². The Labute approximate surface area is 112 Å². The van der Waals surface area contributed by atoms with Gasteiger partial charge in [0, 0.05) is 16.9 Å². The van der Waals surface area contributed by atoms with Crippen molar-refractivity contribution in [3.63, 3.8) is 0 Å². The van der Waals surface area contributed by atoms with Crippen LogP contribution in [0, 0.1) is 0 Å². The largest absolute Gasteiger partial charge is 0.388 e. The molecular weight excluding hydrogens is 302 g/mol. The van der Waals surface area contributed by atoms with Gasteiger partial charge in [0.1, 0.15) is 10.7 Å². The van der Waals surface area contributed by atoms with Gasteiger partial charge in [-0.1, -0.05) is 12.2 Å². The van der Waals surface area contributed by atoms with Gasteiger partial charge in [0.05, 0.1) is 11.9 Å². The minimum absolute atomic E-state index is 0.239. The fourth-order valence-corrected chi connectivity index (χ4v) is 1.64. The van der Waals surface area contributed by atoms with Crippen molar-refractivity contribution in [3.05, 3.63) is 40.9 Å². The Morgan fingerprint density at radius 3 is 2.94 bits per heavy atom. The van der Waals surface area contributed by atoms with E-state index in [0.29, 0.717) is 11.6 Å². The Morgan fingerprint density at radius 2 is 2.24 bits per heavy atom. The zero-order valence-corrected chi connectivity index (χ0v) is 11.0. The molecule has 0 unspecified atom stereocenters. The normalized spacial score (nSPS) is 9.94. The number of thiocarbonyl (C=S) groups is 1. The van der Waals surface area contributed by atoms with Crippen LogP contribution in [0.2, 0.25) is 0 Å². The second-order valence-electron chi connectivity index (χ2n) is 3.15. The molecule has 0 radical (unpaired) electrons. The smallest absolute Gasteiger partial charge is 0.227 e. The summed E-state index contributed by atoms with van der Waals surface area (Å²) in [5.41, 5.74) is 6.80. The second-order valence-corrected chi connectivity index (χ2v) is 4.50. The first kappa shape index (κ1) is 11.9. The van der Waals surface area contributed by atoms with Gasteiger partial charge in [-0.05, 0) is 28.1 Å². The highest BCUT2D eigenvalue weighted by atomic mass is 79.9. The van der Waals surface area contributed by atoms with Gasteiger partial charge < -0.3 is 11.1 Å². The summed E-state index contributed by atoms with van der Waals surface area (Å²) >= 11 is 8.18. The van der Waals surface area contributed by atoms with E-state index in [-0.39, 0.29) is 4.99 Å². The van der Waals surface area contributed by atoms with Crippen molar-refractivity contribution >= 4 is 44.8 Å². The maximum absolute atomic E-state index is 5.49. The van der Waals surface area contributed by atoms with E-state index >= 15 is 0 Å². The van der Waals surface area contributed by atoms with E-state index in [2.05, 4.69) is 36.2 Å². The van der Waals surface area contributed by atoms with Crippen LogP contribution in [-0.4, -0.2) is 19.9 Å². The van der Waals surface area contributed by atoms with Crippen molar-refractivity contribution in [2.75, 3.05) is 5.32 Å². The molecule has 0 aliphatic rings. The number of pyridine rings is 1. The highest BCUT2D eigenvalue weighted by molar-refractivity contribution is 9.10. The highest BCUT2D eigenvalue weighted by Gasteiger charge is 2.02. The summed E-state index contributed by atoms with van der Waals surface area (Å²) in [5, 5.41) is 3.01. The Morgan fingerprint density at radius 1 is 1.41 bits per heavy atom. The maximum Gasteiger partial charge on any atom is 0.227 e. The number of nitrogens with zero attached hydrogens (tertiary/aromatic N) is 3. The topological polar surface area (TPSA) is 76.7 Å². The van der Waals surface area contributed by atoms with Gasteiger partial charge in [-0.25, -0.2) is 9.97 Å². The lowest BCUT2D eigenvalue weighted by Gasteiger charge is -2.05.